The van der Waals surface area contributed by atoms with Gasteiger partial charge in [-0.1, -0.05) is 29.8 Å². The molecule has 1 aliphatic rings. The number of aromatic nitrogens is 1. The van der Waals surface area contributed by atoms with E-state index in [9.17, 15) is 4.79 Å². The Bertz CT molecular complexity index is 717. The number of halogens is 1. The van der Waals surface area contributed by atoms with Crippen LogP contribution in [-0.4, -0.2) is 24.0 Å². The number of hydrogen-bond donors (Lipinski definition) is 2. The van der Waals surface area contributed by atoms with Crippen LogP contribution in [0.25, 0.3) is 0 Å². The van der Waals surface area contributed by atoms with E-state index in [4.69, 9.17) is 11.6 Å². The van der Waals surface area contributed by atoms with E-state index in [1.165, 1.54) is 0 Å². The molecule has 0 radical (unpaired) electrons. The molecule has 3 atom stereocenters. The number of carbonyl (C=O) groups excluding carboxylic acids is 1. The van der Waals surface area contributed by atoms with Crippen molar-refractivity contribution in [3.05, 3.63) is 64.4 Å². The van der Waals surface area contributed by atoms with Gasteiger partial charge in [-0.2, -0.15) is 0 Å². The van der Waals surface area contributed by atoms with Crippen molar-refractivity contribution in [3.8, 4) is 0 Å². The first kappa shape index (κ1) is 16.9. The van der Waals surface area contributed by atoms with Gasteiger partial charge in [-0.25, -0.2) is 0 Å². The molecule has 2 N–H and O–H groups in total. The zero-order valence-corrected chi connectivity index (χ0v) is 14.7. The van der Waals surface area contributed by atoms with Gasteiger partial charge in [0.05, 0.1) is 17.7 Å². The summed E-state index contributed by atoms with van der Waals surface area (Å²) in [4.78, 5) is 17.3. The highest BCUT2D eigenvalue weighted by molar-refractivity contribution is 6.30. The van der Waals surface area contributed by atoms with Gasteiger partial charge in [-0.15, -0.1) is 0 Å². The lowest BCUT2D eigenvalue weighted by atomic mass is 9.88. The number of aryl methyl sites for hydroxylation is 1. The monoisotopic (exact) mass is 343 g/mol. The summed E-state index contributed by atoms with van der Waals surface area (Å²) in [7, 11) is 0. The molecule has 0 bridgehead atoms. The number of nitrogens with one attached hydrogen (secondary N) is 2. The van der Waals surface area contributed by atoms with E-state index in [1.807, 2.05) is 56.3 Å². The van der Waals surface area contributed by atoms with Gasteiger partial charge in [0.2, 0.25) is 5.91 Å². The second kappa shape index (κ2) is 7.32. The number of carbonyl (C=O) groups is 1. The van der Waals surface area contributed by atoms with E-state index < -0.39 is 0 Å². The van der Waals surface area contributed by atoms with Gasteiger partial charge >= 0.3 is 0 Å². The molecular formula is C19H22ClN3O. The van der Waals surface area contributed by atoms with Crippen LogP contribution in [0.5, 0.6) is 0 Å². The molecule has 1 saturated heterocycles. The van der Waals surface area contributed by atoms with Crippen molar-refractivity contribution in [2.75, 3.05) is 13.1 Å². The Labute approximate surface area is 147 Å². The van der Waals surface area contributed by atoms with Gasteiger partial charge < -0.3 is 10.6 Å². The molecule has 1 fully saturated rings. The maximum Gasteiger partial charge on any atom is 0.225 e. The van der Waals surface area contributed by atoms with Gasteiger partial charge in [-0.05, 0) is 43.7 Å². The number of nitrogens with zero attached hydrogens (tertiary/aromatic N) is 1. The normalized spacial score (nSPS) is 21.5. The fraction of sp³-hybridized carbons (Fsp3) is 0.368. The van der Waals surface area contributed by atoms with Gasteiger partial charge in [0.25, 0.3) is 0 Å². The molecule has 4 nitrogen and oxygen atoms in total. The summed E-state index contributed by atoms with van der Waals surface area (Å²) >= 11 is 5.96. The van der Waals surface area contributed by atoms with Crippen LogP contribution in [0.2, 0.25) is 5.02 Å². The molecule has 0 unspecified atom stereocenters. The van der Waals surface area contributed by atoms with E-state index in [0.29, 0.717) is 11.6 Å². The molecule has 2 aromatic rings. The maximum absolute atomic E-state index is 12.8. The Morgan fingerprint density at radius 1 is 1.25 bits per heavy atom. The van der Waals surface area contributed by atoms with Crippen LogP contribution in [0, 0.1) is 12.8 Å². The van der Waals surface area contributed by atoms with E-state index in [2.05, 4.69) is 15.6 Å². The minimum atomic E-state index is -0.108. The molecule has 1 aromatic carbocycles. The average molecular weight is 344 g/mol. The first-order valence-electron chi connectivity index (χ1n) is 8.24. The zero-order chi connectivity index (χ0) is 17.1. The van der Waals surface area contributed by atoms with Crippen LogP contribution < -0.4 is 10.6 Å². The van der Waals surface area contributed by atoms with Crippen molar-refractivity contribution in [3.63, 3.8) is 0 Å². The highest BCUT2D eigenvalue weighted by Gasteiger charge is 2.34. The molecule has 0 aliphatic carbocycles. The smallest absolute Gasteiger partial charge is 0.225 e. The Morgan fingerprint density at radius 3 is 2.71 bits per heavy atom. The molecule has 1 aliphatic heterocycles. The van der Waals surface area contributed by atoms with E-state index in [0.717, 1.165) is 23.5 Å². The Morgan fingerprint density at radius 2 is 2.00 bits per heavy atom. The minimum absolute atomic E-state index is 0.0655. The Hall–Kier alpha value is -1.91. The summed E-state index contributed by atoms with van der Waals surface area (Å²) in [5.41, 5.74) is 2.98. The standard InChI is InChI=1S/C19H22ClN3O/c1-12-4-3-5-18(22-12)13(2)23-19(24)17-11-21-10-16(17)14-6-8-15(20)9-7-14/h3-9,13,16-17,21H,10-11H2,1-2H3,(H,23,24)/t13-,16-,17+/m0/s1. The summed E-state index contributed by atoms with van der Waals surface area (Å²) < 4.78 is 0. The summed E-state index contributed by atoms with van der Waals surface area (Å²) in [6.07, 6.45) is 0. The van der Waals surface area contributed by atoms with Crippen LogP contribution in [0.1, 0.15) is 35.8 Å². The molecule has 2 heterocycles. The fourth-order valence-electron chi connectivity index (χ4n) is 3.21. The van der Waals surface area contributed by atoms with Gasteiger partial charge in [-0.3, -0.25) is 9.78 Å². The third-order valence-corrected chi connectivity index (χ3v) is 4.81. The molecule has 5 heteroatoms. The van der Waals surface area contributed by atoms with Gasteiger partial charge in [0.1, 0.15) is 0 Å². The highest BCUT2D eigenvalue weighted by atomic mass is 35.5. The lowest BCUT2D eigenvalue weighted by Gasteiger charge is -2.21. The summed E-state index contributed by atoms with van der Waals surface area (Å²) in [6.45, 7) is 5.42. The van der Waals surface area contributed by atoms with Crippen molar-refractivity contribution < 1.29 is 4.79 Å². The van der Waals surface area contributed by atoms with Crippen LogP contribution in [0.3, 0.4) is 0 Å². The Kier molecular flexibility index (Phi) is 5.17. The molecule has 0 saturated carbocycles. The minimum Gasteiger partial charge on any atom is -0.348 e. The molecule has 1 aromatic heterocycles. The van der Waals surface area contributed by atoms with Gasteiger partial charge in [0, 0.05) is 29.7 Å². The first-order valence-corrected chi connectivity index (χ1v) is 8.62. The predicted octanol–water partition coefficient (Wildman–Crippen LogP) is 3.22. The SMILES string of the molecule is Cc1cccc([C@H](C)NC(=O)[C@@H]2CNC[C@H]2c2ccc(Cl)cc2)n1. The molecule has 24 heavy (non-hydrogen) atoms. The quantitative estimate of drug-likeness (QED) is 0.896. The average Bonchev–Trinajstić information content (AvgIpc) is 3.05. The largest absolute Gasteiger partial charge is 0.348 e. The van der Waals surface area contributed by atoms with Crippen LogP contribution in [-0.2, 0) is 4.79 Å². The number of pyridine rings is 1. The topological polar surface area (TPSA) is 54.0 Å². The number of rotatable bonds is 4. The second-order valence-corrected chi connectivity index (χ2v) is 6.79. The van der Waals surface area contributed by atoms with Crippen molar-refractivity contribution in [2.24, 2.45) is 5.92 Å². The molecule has 1 amide bonds. The fourth-order valence-corrected chi connectivity index (χ4v) is 3.34. The van der Waals surface area contributed by atoms with E-state index in [1.54, 1.807) is 0 Å². The van der Waals surface area contributed by atoms with Crippen LogP contribution in [0.15, 0.2) is 42.5 Å². The summed E-state index contributed by atoms with van der Waals surface area (Å²) in [5.74, 6) is 0.147. The third-order valence-electron chi connectivity index (χ3n) is 4.56. The number of amides is 1. The van der Waals surface area contributed by atoms with Crippen molar-refractivity contribution >= 4 is 17.5 Å². The highest BCUT2D eigenvalue weighted by Crippen LogP contribution is 2.29. The molecule has 0 spiro atoms. The number of hydrogen-bond acceptors (Lipinski definition) is 3. The summed E-state index contributed by atoms with van der Waals surface area (Å²) in [5, 5.41) is 7.15. The Balaban J connectivity index is 1.70. The second-order valence-electron chi connectivity index (χ2n) is 6.36. The van der Waals surface area contributed by atoms with E-state index in [-0.39, 0.29) is 23.8 Å². The predicted molar refractivity (Wildman–Crippen MR) is 96.1 cm³/mol. The lowest BCUT2D eigenvalue weighted by Crippen LogP contribution is -2.36. The molecule has 126 valence electrons. The lowest BCUT2D eigenvalue weighted by molar-refractivity contribution is -0.125. The van der Waals surface area contributed by atoms with Crippen LogP contribution >= 0.6 is 11.6 Å². The van der Waals surface area contributed by atoms with Gasteiger partial charge in [0.15, 0.2) is 0 Å². The van der Waals surface area contributed by atoms with Crippen molar-refractivity contribution in [1.29, 1.82) is 0 Å². The number of benzene rings is 1. The third kappa shape index (κ3) is 3.77. The summed E-state index contributed by atoms with van der Waals surface area (Å²) in [6, 6.07) is 13.5. The van der Waals surface area contributed by atoms with Crippen molar-refractivity contribution in [2.45, 2.75) is 25.8 Å². The molecule has 3 rings (SSSR count). The maximum atomic E-state index is 12.8. The molecular weight excluding hydrogens is 322 g/mol. The van der Waals surface area contributed by atoms with Crippen molar-refractivity contribution in [1.82, 2.24) is 15.6 Å². The van der Waals surface area contributed by atoms with Crippen LogP contribution in [0.4, 0.5) is 0 Å². The zero-order valence-electron chi connectivity index (χ0n) is 13.9. The first-order chi connectivity index (χ1) is 11.5. The van der Waals surface area contributed by atoms with E-state index >= 15 is 0 Å².